The monoisotopic (exact) mass is 369 g/mol. The van der Waals surface area contributed by atoms with Gasteiger partial charge >= 0.3 is 0 Å². The molecule has 0 unspecified atom stereocenters. The van der Waals surface area contributed by atoms with Crippen LogP contribution >= 0.6 is 0 Å². The summed E-state index contributed by atoms with van der Waals surface area (Å²) in [5.74, 6) is 2.17. The van der Waals surface area contributed by atoms with E-state index in [9.17, 15) is 4.79 Å². The number of rotatable bonds is 7. The molecule has 0 aliphatic rings. The SMILES string of the molecule is COc1ccc(-c2nc(CNC(=O)c3ccc(OC)cc3OC)no2)cc1. The number of nitrogens with zero attached hydrogens (tertiary/aromatic N) is 2. The minimum atomic E-state index is -0.315. The van der Waals surface area contributed by atoms with Gasteiger partial charge in [0.15, 0.2) is 5.82 Å². The van der Waals surface area contributed by atoms with E-state index in [1.807, 2.05) is 12.1 Å². The number of benzene rings is 2. The van der Waals surface area contributed by atoms with Gasteiger partial charge in [0.1, 0.15) is 17.2 Å². The summed E-state index contributed by atoms with van der Waals surface area (Å²) in [6.07, 6.45) is 0. The Kier molecular flexibility index (Phi) is 5.55. The van der Waals surface area contributed by atoms with Crippen molar-refractivity contribution in [1.29, 1.82) is 0 Å². The van der Waals surface area contributed by atoms with Crippen molar-refractivity contribution in [2.24, 2.45) is 0 Å². The van der Waals surface area contributed by atoms with Crippen LogP contribution in [0.5, 0.6) is 17.2 Å². The van der Waals surface area contributed by atoms with Crippen molar-refractivity contribution >= 4 is 5.91 Å². The molecule has 8 heteroatoms. The molecule has 2 aromatic carbocycles. The summed E-state index contributed by atoms with van der Waals surface area (Å²) in [6.45, 7) is 0.119. The van der Waals surface area contributed by atoms with E-state index < -0.39 is 0 Å². The van der Waals surface area contributed by atoms with E-state index in [1.165, 1.54) is 7.11 Å². The van der Waals surface area contributed by atoms with Gasteiger partial charge in [-0.05, 0) is 36.4 Å². The van der Waals surface area contributed by atoms with Crippen LogP contribution in [0.25, 0.3) is 11.5 Å². The topological polar surface area (TPSA) is 95.7 Å². The van der Waals surface area contributed by atoms with E-state index in [0.717, 1.165) is 11.3 Å². The van der Waals surface area contributed by atoms with Crippen LogP contribution in [0.15, 0.2) is 47.0 Å². The fourth-order valence-electron chi connectivity index (χ4n) is 2.42. The smallest absolute Gasteiger partial charge is 0.257 e. The third-order valence-electron chi connectivity index (χ3n) is 3.87. The van der Waals surface area contributed by atoms with Gasteiger partial charge in [-0.25, -0.2) is 0 Å². The molecule has 3 aromatic rings. The molecule has 0 bridgehead atoms. The Labute approximate surface area is 156 Å². The van der Waals surface area contributed by atoms with Crippen LogP contribution in [0.4, 0.5) is 0 Å². The number of aromatic nitrogens is 2. The molecule has 0 spiro atoms. The molecule has 0 aliphatic heterocycles. The number of amides is 1. The molecule has 0 saturated heterocycles. The number of ether oxygens (including phenoxy) is 3. The first-order chi connectivity index (χ1) is 13.1. The lowest BCUT2D eigenvalue weighted by Gasteiger charge is -2.09. The Bertz CT molecular complexity index is 921. The molecular formula is C19H19N3O5. The molecule has 1 amide bonds. The van der Waals surface area contributed by atoms with E-state index in [2.05, 4.69) is 15.5 Å². The van der Waals surface area contributed by atoms with E-state index >= 15 is 0 Å². The Hall–Kier alpha value is -3.55. The molecule has 3 rings (SSSR count). The van der Waals surface area contributed by atoms with Gasteiger partial charge < -0.3 is 24.1 Å². The molecule has 1 aromatic heterocycles. The molecule has 0 fully saturated rings. The zero-order chi connectivity index (χ0) is 19.2. The van der Waals surface area contributed by atoms with Crippen molar-refractivity contribution in [2.75, 3.05) is 21.3 Å². The van der Waals surface area contributed by atoms with Crippen LogP contribution in [0.2, 0.25) is 0 Å². The summed E-state index contributed by atoms with van der Waals surface area (Å²) in [5, 5.41) is 6.63. The fraction of sp³-hybridized carbons (Fsp3) is 0.211. The lowest BCUT2D eigenvalue weighted by molar-refractivity contribution is 0.0946. The highest BCUT2D eigenvalue weighted by Crippen LogP contribution is 2.24. The molecule has 1 N–H and O–H groups in total. The van der Waals surface area contributed by atoms with Gasteiger partial charge in [0.2, 0.25) is 0 Å². The van der Waals surface area contributed by atoms with E-state index in [1.54, 1.807) is 44.6 Å². The standard InChI is InChI=1S/C19H19N3O5/c1-24-13-6-4-12(5-7-13)19-21-17(22-27-19)11-20-18(23)15-9-8-14(25-2)10-16(15)26-3/h4-10H,11H2,1-3H3,(H,20,23). The zero-order valence-corrected chi connectivity index (χ0v) is 15.2. The van der Waals surface area contributed by atoms with Crippen LogP contribution in [-0.2, 0) is 6.54 Å². The first-order valence-corrected chi connectivity index (χ1v) is 8.12. The van der Waals surface area contributed by atoms with Crippen LogP contribution < -0.4 is 19.5 Å². The summed E-state index contributed by atoms with van der Waals surface area (Å²) in [6, 6.07) is 12.2. The molecule has 8 nitrogen and oxygen atoms in total. The summed E-state index contributed by atoms with van der Waals surface area (Å²) in [7, 11) is 4.64. The molecule has 0 saturated carbocycles. The maximum Gasteiger partial charge on any atom is 0.257 e. The summed E-state index contributed by atoms with van der Waals surface area (Å²) < 4.78 is 20.7. The van der Waals surface area contributed by atoms with Gasteiger partial charge in [0, 0.05) is 11.6 Å². The first-order valence-electron chi connectivity index (χ1n) is 8.12. The number of carbonyl (C=O) groups is 1. The number of carbonyl (C=O) groups excluding carboxylic acids is 1. The second-order valence-corrected chi connectivity index (χ2v) is 5.49. The second kappa shape index (κ2) is 8.22. The van der Waals surface area contributed by atoms with Crippen LogP contribution in [0, 0.1) is 0 Å². The second-order valence-electron chi connectivity index (χ2n) is 5.49. The Morgan fingerprint density at radius 1 is 1.00 bits per heavy atom. The minimum Gasteiger partial charge on any atom is -0.497 e. The predicted molar refractivity (Wildman–Crippen MR) is 97.0 cm³/mol. The normalized spacial score (nSPS) is 10.3. The van der Waals surface area contributed by atoms with Gasteiger partial charge in [-0.1, -0.05) is 5.16 Å². The highest BCUT2D eigenvalue weighted by Gasteiger charge is 2.15. The molecule has 27 heavy (non-hydrogen) atoms. The third kappa shape index (κ3) is 4.17. The molecule has 0 atom stereocenters. The van der Waals surface area contributed by atoms with Crippen molar-refractivity contribution < 1.29 is 23.5 Å². The number of methoxy groups -OCH3 is 3. The average molecular weight is 369 g/mol. The van der Waals surface area contributed by atoms with Crippen LogP contribution in [-0.4, -0.2) is 37.4 Å². The quantitative estimate of drug-likeness (QED) is 0.684. The number of hydrogen-bond donors (Lipinski definition) is 1. The lowest BCUT2D eigenvalue weighted by Crippen LogP contribution is -2.24. The maximum absolute atomic E-state index is 12.4. The van der Waals surface area contributed by atoms with E-state index in [0.29, 0.717) is 28.8 Å². The highest BCUT2D eigenvalue weighted by atomic mass is 16.5. The summed E-state index contributed by atoms with van der Waals surface area (Å²) in [5.41, 5.74) is 1.15. The molecule has 140 valence electrons. The first kappa shape index (κ1) is 18.2. The Morgan fingerprint density at radius 3 is 2.37 bits per heavy atom. The number of nitrogens with one attached hydrogen (secondary N) is 1. The van der Waals surface area contributed by atoms with Crippen molar-refractivity contribution in [3.05, 3.63) is 53.9 Å². The maximum atomic E-state index is 12.4. The van der Waals surface area contributed by atoms with Gasteiger partial charge in [0.05, 0.1) is 33.4 Å². The van der Waals surface area contributed by atoms with Crippen molar-refractivity contribution in [3.63, 3.8) is 0 Å². The largest absolute Gasteiger partial charge is 0.497 e. The highest BCUT2D eigenvalue weighted by molar-refractivity contribution is 5.97. The molecule has 0 radical (unpaired) electrons. The van der Waals surface area contributed by atoms with Gasteiger partial charge in [-0.3, -0.25) is 4.79 Å². The minimum absolute atomic E-state index is 0.119. The van der Waals surface area contributed by atoms with Gasteiger partial charge in [-0.15, -0.1) is 0 Å². The summed E-state index contributed by atoms with van der Waals surface area (Å²) in [4.78, 5) is 16.7. The lowest BCUT2D eigenvalue weighted by atomic mass is 10.1. The van der Waals surface area contributed by atoms with Crippen molar-refractivity contribution in [1.82, 2.24) is 15.5 Å². The van der Waals surface area contributed by atoms with Gasteiger partial charge in [-0.2, -0.15) is 4.98 Å². The van der Waals surface area contributed by atoms with Crippen molar-refractivity contribution in [3.8, 4) is 28.7 Å². The molecular weight excluding hydrogens is 350 g/mol. The fourth-order valence-corrected chi connectivity index (χ4v) is 2.42. The van der Waals surface area contributed by atoms with Crippen LogP contribution in [0.3, 0.4) is 0 Å². The predicted octanol–water partition coefficient (Wildman–Crippen LogP) is 2.69. The van der Waals surface area contributed by atoms with E-state index in [4.69, 9.17) is 18.7 Å². The molecule has 1 heterocycles. The van der Waals surface area contributed by atoms with E-state index in [-0.39, 0.29) is 12.5 Å². The van der Waals surface area contributed by atoms with Crippen LogP contribution in [0.1, 0.15) is 16.2 Å². The number of hydrogen-bond acceptors (Lipinski definition) is 7. The third-order valence-corrected chi connectivity index (χ3v) is 3.87. The zero-order valence-electron chi connectivity index (χ0n) is 15.2. The molecule has 0 aliphatic carbocycles. The average Bonchev–Trinajstić information content (AvgIpc) is 3.20. The Morgan fingerprint density at radius 2 is 1.70 bits per heavy atom. The van der Waals surface area contributed by atoms with Gasteiger partial charge in [0.25, 0.3) is 11.8 Å². The Balaban J connectivity index is 1.66. The summed E-state index contributed by atoms with van der Waals surface area (Å²) >= 11 is 0. The van der Waals surface area contributed by atoms with Crippen molar-refractivity contribution in [2.45, 2.75) is 6.54 Å².